The van der Waals surface area contributed by atoms with Gasteiger partial charge in [0.25, 0.3) is 0 Å². The minimum absolute atomic E-state index is 0.0750. The average molecular weight is 289 g/mol. The van der Waals surface area contributed by atoms with E-state index in [2.05, 4.69) is 25.1 Å². The van der Waals surface area contributed by atoms with Crippen LogP contribution in [0.2, 0.25) is 0 Å². The Labute approximate surface area is 125 Å². The molecule has 114 valence electrons. The van der Waals surface area contributed by atoms with Gasteiger partial charge in [0.2, 0.25) is 0 Å². The molecule has 2 aliphatic rings. The van der Waals surface area contributed by atoms with Crippen molar-refractivity contribution < 1.29 is 14.6 Å². The number of hydrogen-bond acceptors (Lipinski definition) is 3. The van der Waals surface area contributed by atoms with Crippen LogP contribution in [0.3, 0.4) is 0 Å². The van der Waals surface area contributed by atoms with Crippen LogP contribution in [0, 0.1) is 0 Å². The van der Waals surface area contributed by atoms with Crippen LogP contribution < -0.4 is 4.74 Å². The first-order valence-corrected chi connectivity index (χ1v) is 7.85. The van der Waals surface area contributed by atoms with Crippen molar-refractivity contribution in [2.45, 2.75) is 44.6 Å². The predicted octanol–water partition coefficient (Wildman–Crippen LogP) is 2.49. The zero-order chi connectivity index (χ0) is 14.9. The second kappa shape index (κ2) is 5.68. The third kappa shape index (κ3) is 3.05. The second-order valence-corrected chi connectivity index (χ2v) is 6.25. The van der Waals surface area contributed by atoms with Crippen molar-refractivity contribution in [1.29, 1.82) is 0 Å². The highest BCUT2D eigenvalue weighted by molar-refractivity contribution is 5.69. The summed E-state index contributed by atoms with van der Waals surface area (Å²) in [6, 6.07) is 6.57. The average Bonchev–Trinajstić information content (AvgIpc) is 2.49. The maximum Gasteiger partial charge on any atom is 0.317 e. The van der Waals surface area contributed by atoms with Crippen molar-refractivity contribution in [3.63, 3.8) is 0 Å². The summed E-state index contributed by atoms with van der Waals surface area (Å²) in [7, 11) is 0. The monoisotopic (exact) mass is 289 g/mol. The topological polar surface area (TPSA) is 49.8 Å². The summed E-state index contributed by atoms with van der Waals surface area (Å²) in [6.45, 7) is 3.93. The van der Waals surface area contributed by atoms with Crippen LogP contribution >= 0.6 is 0 Å². The molecule has 1 aromatic rings. The van der Waals surface area contributed by atoms with Crippen molar-refractivity contribution in [3.05, 3.63) is 29.3 Å². The second-order valence-electron chi connectivity index (χ2n) is 6.25. The first kappa shape index (κ1) is 14.4. The van der Waals surface area contributed by atoms with Crippen molar-refractivity contribution in [1.82, 2.24) is 4.90 Å². The van der Waals surface area contributed by atoms with Crippen molar-refractivity contribution >= 4 is 5.97 Å². The molecule has 2 heterocycles. The lowest BCUT2D eigenvalue weighted by Crippen LogP contribution is -2.50. The van der Waals surface area contributed by atoms with Gasteiger partial charge in [-0.3, -0.25) is 9.69 Å². The molecule has 0 atom stereocenters. The van der Waals surface area contributed by atoms with Gasteiger partial charge in [-0.2, -0.15) is 0 Å². The first-order chi connectivity index (χ1) is 10.1. The molecule has 0 amide bonds. The van der Waals surface area contributed by atoms with E-state index in [4.69, 9.17) is 9.84 Å². The van der Waals surface area contributed by atoms with Gasteiger partial charge in [-0.25, -0.2) is 0 Å². The summed E-state index contributed by atoms with van der Waals surface area (Å²) in [4.78, 5) is 12.8. The molecule has 2 aliphatic heterocycles. The quantitative estimate of drug-likeness (QED) is 0.929. The van der Waals surface area contributed by atoms with Crippen LogP contribution in [0.5, 0.6) is 5.75 Å². The number of fused-ring (bicyclic) bond motifs is 1. The lowest BCUT2D eigenvalue weighted by Gasteiger charge is -2.44. The number of nitrogens with zero attached hydrogens (tertiary/aromatic N) is 1. The van der Waals surface area contributed by atoms with Crippen LogP contribution in [0.25, 0.3) is 0 Å². The van der Waals surface area contributed by atoms with Crippen molar-refractivity contribution in [2.75, 3.05) is 19.6 Å². The summed E-state index contributed by atoms with van der Waals surface area (Å²) < 4.78 is 6.38. The van der Waals surface area contributed by atoms with Gasteiger partial charge in [-0.05, 0) is 49.3 Å². The summed E-state index contributed by atoms with van der Waals surface area (Å²) in [5.74, 6) is 0.306. The standard InChI is InChI=1S/C17H23NO3/c1-2-13-3-4-14-5-6-17(21-15(14)11-13)7-9-18(10-8-17)12-16(19)20/h3-4,11H,2,5-10,12H2,1H3,(H,19,20). The van der Waals surface area contributed by atoms with Crippen LogP contribution in [0.1, 0.15) is 37.3 Å². The number of carboxylic acid groups (broad SMARTS) is 1. The van der Waals surface area contributed by atoms with E-state index < -0.39 is 5.97 Å². The molecule has 0 aliphatic carbocycles. The van der Waals surface area contributed by atoms with Crippen LogP contribution in [-0.2, 0) is 17.6 Å². The van der Waals surface area contributed by atoms with Crippen LogP contribution in [0.15, 0.2) is 18.2 Å². The van der Waals surface area contributed by atoms with E-state index in [9.17, 15) is 4.79 Å². The van der Waals surface area contributed by atoms with Gasteiger partial charge in [0.05, 0.1) is 6.54 Å². The van der Waals surface area contributed by atoms with Crippen molar-refractivity contribution in [2.24, 2.45) is 0 Å². The van der Waals surface area contributed by atoms with Crippen molar-refractivity contribution in [3.8, 4) is 5.75 Å². The summed E-state index contributed by atoms with van der Waals surface area (Å²) in [5.41, 5.74) is 2.55. The number of piperidine rings is 1. The van der Waals surface area contributed by atoms with Gasteiger partial charge in [0.1, 0.15) is 11.4 Å². The molecule has 4 nitrogen and oxygen atoms in total. The third-order valence-electron chi connectivity index (χ3n) is 4.84. The highest BCUT2D eigenvalue weighted by Crippen LogP contribution is 2.39. The van der Waals surface area contributed by atoms with E-state index in [1.54, 1.807) is 0 Å². The molecule has 1 spiro atoms. The molecule has 1 saturated heterocycles. The summed E-state index contributed by atoms with van der Waals surface area (Å²) in [5, 5.41) is 8.88. The maximum atomic E-state index is 10.8. The Hall–Kier alpha value is -1.55. The smallest absolute Gasteiger partial charge is 0.317 e. The zero-order valence-electron chi connectivity index (χ0n) is 12.6. The normalized spacial score (nSPS) is 20.8. The van der Waals surface area contributed by atoms with E-state index in [1.807, 2.05) is 4.90 Å². The van der Waals surface area contributed by atoms with Crippen LogP contribution in [-0.4, -0.2) is 41.2 Å². The number of carbonyl (C=O) groups is 1. The van der Waals surface area contributed by atoms with Gasteiger partial charge in [-0.15, -0.1) is 0 Å². The number of hydrogen-bond donors (Lipinski definition) is 1. The molecule has 1 fully saturated rings. The minimum atomic E-state index is -0.742. The van der Waals surface area contributed by atoms with Gasteiger partial charge in [-0.1, -0.05) is 19.1 Å². The Bertz CT molecular complexity index is 533. The van der Waals surface area contributed by atoms with E-state index in [1.165, 1.54) is 11.1 Å². The Morgan fingerprint density at radius 2 is 2.10 bits per heavy atom. The van der Waals surface area contributed by atoms with Gasteiger partial charge in [0, 0.05) is 13.1 Å². The van der Waals surface area contributed by atoms with E-state index in [0.29, 0.717) is 0 Å². The number of likely N-dealkylation sites (tertiary alicyclic amines) is 1. The predicted molar refractivity (Wildman–Crippen MR) is 80.8 cm³/mol. The fourth-order valence-corrected chi connectivity index (χ4v) is 3.43. The van der Waals surface area contributed by atoms with Crippen LogP contribution in [0.4, 0.5) is 0 Å². The molecule has 1 aromatic carbocycles. The number of rotatable bonds is 3. The molecule has 0 aromatic heterocycles. The molecular weight excluding hydrogens is 266 g/mol. The van der Waals surface area contributed by atoms with E-state index in [-0.39, 0.29) is 12.1 Å². The number of aliphatic carboxylic acids is 1. The van der Waals surface area contributed by atoms with E-state index >= 15 is 0 Å². The Kier molecular flexibility index (Phi) is 3.89. The van der Waals surface area contributed by atoms with E-state index in [0.717, 1.165) is 50.9 Å². The lowest BCUT2D eigenvalue weighted by atomic mass is 9.83. The maximum absolute atomic E-state index is 10.8. The molecule has 0 unspecified atom stereocenters. The molecule has 1 N–H and O–H groups in total. The fourth-order valence-electron chi connectivity index (χ4n) is 3.43. The Morgan fingerprint density at radius 3 is 2.76 bits per heavy atom. The highest BCUT2D eigenvalue weighted by Gasteiger charge is 2.39. The Morgan fingerprint density at radius 1 is 1.33 bits per heavy atom. The highest BCUT2D eigenvalue weighted by atomic mass is 16.5. The van der Waals surface area contributed by atoms with Gasteiger partial charge in [0.15, 0.2) is 0 Å². The largest absolute Gasteiger partial charge is 0.487 e. The minimum Gasteiger partial charge on any atom is -0.487 e. The molecular formula is C17H23NO3. The lowest BCUT2D eigenvalue weighted by molar-refractivity contribution is -0.139. The fraction of sp³-hybridized carbons (Fsp3) is 0.588. The van der Waals surface area contributed by atoms with Gasteiger partial charge < -0.3 is 9.84 Å². The zero-order valence-corrected chi connectivity index (χ0v) is 12.6. The Balaban J connectivity index is 1.69. The number of ether oxygens (including phenoxy) is 1. The molecule has 4 heteroatoms. The number of benzene rings is 1. The summed E-state index contributed by atoms with van der Waals surface area (Å²) in [6.07, 6.45) is 4.99. The molecule has 0 bridgehead atoms. The number of carboxylic acids is 1. The summed E-state index contributed by atoms with van der Waals surface area (Å²) >= 11 is 0. The number of aryl methyl sites for hydroxylation is 2. The third-order valence-corrected chi connectivity index (χ3v) is 4.84. The first-order valence-electron chi connectivity index (χ1n) is 7.85. The molecule has 3 rings (SSSR count). The van der Waals surface area contributed by atoms with Gasteiger partial charge >= 0.3 is 5.97 Å². The SMILES string of the molecule is CCc1ccc2c(c1)OC1(CC2)CCN(CC(=O)O)CC1. The molecule has 0 saturated carbocycles. The molecule has 0 radical (unpaired) electrons. The molecule has 21 heavy (non-hydrogen) atoms.